The van der Waals surface area contributed by atoms with Gasteiger partial charge in [0.05, 0.1) is 6.42 Å². The molecule has 2 N–H and O–H groups in total. The van der Waals surface area contributed by atoms with E-state index in [1.165, 1.54) is 24.3 Å². The van der Waals surface area contributed by atoms with E-state index in [1.807, 2.05) is 41.2 Å². The SMILES string of the molecule is O=C(O)CC(CC(=O)Nc1ccc(-n2cccc2)cc1)c1ccc(F)cc1. The molecule has 5 nitrogen and oxygen atoms in total. The minimum absolute atomic E-state index is 0.00269. The third-order valence-electron chi connectivity index (χ3n) is 4.25. The first-order valence-corrected chi connectivity index (χ1v) is 8.52. The van der Waals surface area contributed by atoms with Crippen molar-refractivity contribution in [1.82, 2.24) is 4.57 Å². The summed E-state index contributed by atoms with van der Waals surface area (Å²) in [5, 5.41) is 11.9. The molecule has 1 atom stereocenters. The number of anilines is 1. The second-order valence-electron chi connectivity index (χ2n) is 6.24. The van der Waals surface area contributed by atoms with Crippen molar-refractivity contribution in [3.8, 4) is 5.69 Å². The average Bonchev–Trinajstić information content (AvgIpc) is 3.17. The highest BCUT2D eigenvalue weighted by molar-refractivity contribution is 5.91. The van der Waals surface area contributed by atoms with Gasteiger partial charge in [0.2, 0.25) is 5.91 Å². The van der Waals surface area contributed by atoms with Crippen molar-refractivity contribution < 1.29 is 19.1 Å². The van der Waals surface area contributed by atoms with Crippen LogP contribution in [0.4, 0.5) is 10.1 Å². The number of carboxylic acid groups (broad SMARTS) is 1. The zero-order valence-electron chi connectivity index (χ0n) is 14.5. The van der Waals surface area contributed by atoms with E-state index in [4.69, 9.17) is 5.11 Å². The second kappa shape index (κ2) is 8.31. The van der Waals surface area contributed by atoms with E-state index in [1.54, 1.807) is 12.1 Å². The van der Waals surface area contributed by atoms with Gasteiger partial charge in [0.1, 0.15) is 5.82 Å². The lowest BCUT2D eigenvalue weighted by molar-refractivity contribution is -0.137. The first kappa shape index (κ1) is 18.4. The minimum Gasteiger partial charge on any atom is -0.481 e. The summed E-state index contributed by atoms with van der Waals surface area (Å²) in [5.74, 6) is -2.23. The van der Waals surface area contributed by atoms with Gasteiger partial charge in [-0.05, 0) is 54.1 Å². The number of carboxylic acids is 1. The molecular formula is C21H19FN2O3. The van der Waals surface area contributed by atoms with E-state index < -0.39 is 17.7 Å². The van der Waals surface area contributed by atoms with E-state index in [2.05, 4.69) is 5.32 Å². The summed E-state index contributed by atoms with van der Waals surface area (Å²) in [6.45, 7) is 0. The van der Waals surface area contributed by atoms with Gasteiger partial charge in [0.25, 0.3) is 0 Å². The second-order valence-corrected chi connectivity index (χ2v) is 6.24. The Kier molecular flexibility index (Phi) is 5.66. The van der Waals surface area contributed by atoms with Crippen molar-refractivity contribution in [2.45, 2.75) is 18.8 Å². The molecule has 0 fully saturated rings. The highest BCUT2D eigenvalue weighted by Gasteiger charge is 2.19. The highest BCUT2D eigenvalue weighted by atomic mass is 19.1. The smallest absolute Gasteiger partial charge is 0.303 e. The van der Waals surface area contributed by atoms with E-state index in [-0.39, 0.29) is 18.7 Å². The van der Waals surface area contributed by atoms with Crippen LogP contribution in [0.15, 0.2) is 73.1 Å². The quantitative estimate of drug-likeness (QED) is 0.658. The van der Waals surface area contributed by atoms with Gasteiger partial charge in [-0.3, -0.25) is 9.59 Å². The maximum absolute atomic E-state index is 13.1. The van der Waals surface area contributed by atoms with Crippen LogP contribution in [0.2, 0.25) is 0 Å². The fraction of sp³-hybridized carbons (Fsp3) is 0.143. The minimum atomic E-state index is -1.01. The van der Waals surface area contributed by atoms with Crippen molar-refractivity contribution in [1.29, 1.82) is 0 Å². The predicted molar refractivity (Wildman–Crippen MR) is 100 cm³/mol. The molecule has 3 aromatic rings. The Morgan fingerprint density at radius 1 is 0.963 bits per heavy atom. The third kappa shape index (κ3) is 5.04. The number of halogens is 1. The molecule has 0 bridgehead atoms. The summed E-state index contributed by atoms with van der Waals surface area (Å²) in [4.78, 5) is 23.5. The molecule has 6 heteroatoms. The molecule has 0 saturated heterocycles. The molecule has 0 radical (unpaired) electrons. The molecular weight excluding hydrogens is 347 g/mol. The van der Waals surface area contributed by atoms with E-state index in [0.717, 1.165) is 5.69 Å². The lowest BCUT2D eigenvalue weighted by Gasteiger charge is -2.15. The molecule has 27 heavy (non-hydrogen) atoms. The number of rotatable bonds is 7. The van der Waals surface area contributed by atoms with Crippen LogP contribution in [0, 0.1) is 5.82 Å². The molecule has 1 heterocycles. The molecule has 2 aromatic carbocycles. The van der Waals surface area contributed by atoms with Crippen LogP contribution in [-0.4, -0.2) is 21.6 Å². The molecule has 0 spiro atoms. The zero-order valence-corrected chi connectivity index (χ0v) is 14.5. The van der Waals surface area contributed by atoms with Crippen LogP contribution >= 0.6 is 0 Å². The van der Waals surface area contributed by atoms with Crippen LogP contribution < -0.4 is 5.32 Å². The Bertz CT molecular complexity index is 904. The number of aliphatic carboxylic acids is 1. The van der Waals surface area contributed by atoms with Gasteiger partial charge >= 0.3 is 5.97 Å². The van der Waals surface area contributed by atoms with Crippen molar-refractivity contribution in [2.75, 3.05) is 5.32 Å². The maximum atomic E-state index is 13.1. The van der Waals surface area contributed by atoms with Gasteiger partial charge in [-0.2, -0.15) is 0 Å². The Morgan fingerprint density at radius 2 is 1.59 bits per heavy atom. The summed E-state index contributed by atoms with van der Waals surface area (Å²) in [6.07, 6.45) is 3.64. The van der Waals surface area contributed by atoms with E-state index in [9.17, 15) is 14.0 Å². The summed E-state index contributed by atoms with van der Waals surface area (Å²) in [6, 6.07) is 16.7. The number of hydrogen-bond donors (Lipinski definition) is 2. The molecule has 1 amide bonds. The molecule has 0 aliphatic heterocycles. The number of nitrogens with zero attached hydrogens (tertiary/aromatic N) is 1. The number of carbonyl (C=O) groups excluding carboxylic acids is 1. The van der Waals surface area contributed by atoms with Gasteiger partial charge in [0.15, 0.2) is 0 Å². The lowest BCUT2D eigenvalue weighted by Crippen LogP contribution is -2.17. The maximum Gasteiger partial charge on any atom is 0.303 e. The first-order valence-electron chi connectivity index (χ1n) is 8.52. The fourth-order valence-electron chi connectivity index (χ4n) is 2.91. The van der Waals surface area contributed by atoms with Crippen LogP contribution in [0.1, 0.15) is 24.3 Å². The van der Waals surface area contributed by atoms with Crippen LogP contribution in [0.5, 0.6) is 0 Å². The third-order valence-corrected chi connectivity index (χ3v) is 4.25. The molecule has 0 aliphatic carbocycles. The topological polar surface area (TPSA) is 71.3 Å². The zero-order chi connectivity index (χ0) is 19.2. The Balaban J connectivity index is 1.66. The van der Waals surface area contributed by atoms with Crippen molar-refractivity contribution >= 4 is 17.6 Å². The number of nitrogens with one attached hydrogen (secondary N) is 1. The monoisotopic (exact) mass is 366 g/mol. The predicted octanol–water partition coefficient (Wildman–Crippen LogP) is 4.20. The van der Waals surface area contributed by atoms with Gasteiger partial charge in [-0.15, -0.1) is 0 Å². The summed E-state index contributed by atoms with van der Waals surface area (Å²) < 4.78 is 15.0. The summed E-state index contributed by atoms with van der Waals surface area (Å²) >= 11 is 0. The molecule has 0 saturated carbocycles. The van der Waals surface area contributed by atoms with Gasteiger partial charge in [0, 0.05) is 36.1 Å². The molecule has 1 unspecified atom stereocenters. The van der Waals surface area contributed by atoms with Crippen molar-refractivity contribution in [3.05, 3.63) is 84.4 Å². The normalized spacial score (nSPS) is 11.7. The number of carbonyl (C=O) groups is 2. The molecule has 3 rings (SSSR count). The van der Waals surface area contributed by atoms with Crippen LogP contribution in [-0.2, 0) is 9.59 Å². The highest BCUT2D eigenvalue weighted by Crippen LogP contribution is 2.25. The Labute approximate surface area is 156 Å². The fourth-order valence-corrected chi connectivity index (χ4v) is 2.91. The van der Waals surface area contributed by atoms with Crippen LogP contribution in [0.25, 0.3) is 5.69 Å². The van der Waals surface area contributed by atoms with Gasteiger partial charge in [-0.1, -0.05) is 12.1 Å². The molecule has 138 valence electrons. The number of amides is 1. The Morgan fingerprint density at radius 3 is 2.19 bits per heavy atom. The van der Waals surface area contributed by atoms with Crippen molar-refractivity contribution in [3.63, 3.8) is 0 Å². The van der Waals surface area contributed by atoms with Crippen LogP contribution in [0.3, 0.4) is 0 Å². The van der Waals surface area contributed by atoms with Gasteiger partial charge in [-0.25, -0.2) is 4.39 Å². The molecule has 0 aliphatic rings. The van der Waals surface area contributed by atoms with Gasteiger partial charge < -0.3 is 15.0 Å². The summed E-state index contributed by atoms with van der Waals surface area (Å²) in [7, 11) is 0. The number of aromatic nitrogens is 1. The largest absolute Gasteiger partial charge is 0.481 e. The Hall–Kier alpha value is -3.41. The first-order chi connectivity index (χ1) is 13.0. The average molecular weight is 366 g/mol. The summed E-state index contributed by atoms with van der Waals surface area (Å²) in [5.41, 5.74) is 2.22. The lowest BCUT2D eigenvalue weighted by atomic mass is 9.92. The van der Waals surface area contributed by atoms with E-state index >= 15 is 0 Å². The van der Waals surface area contributed by atoms with E-state index in [0.29, 0.717) is 11.3 Å². The standard InChI is InChI=1S/C21H19FN2O3/c22-17-5-3-15(4-6-17)16(14-21(26)27)13-20(25)23-18-7-9-19(10-8-18)24-11-1-2-12-24/h1-12,16H,13-14H2,(H,23,25)(H,26,27). The number of benzene rings is 2. The molecule has 1 aromatic heterocycles. The number of hydrogen-bond acceptors (Lipinski definition) is 2. The van der Waals surface area contributed by atoms with Crippen molar-refractivity contribution in [2.24, 2.45) is 0 Å².